The summed E-state index contributed by atoms with van der Waals surface area (Å²) >= 11 is 0. The van der Waals surface area contributed by atoms with Crippen LogP contribution in [0.1, 0.15) is 25.0 Å². The van der Waals surface area contributed by atoms with E-state index in [1.807, 2.05) is 19.1 Å². The quantitative estimate of drug-likeness (QED) is 0.925. The number of aliphatic hydroxyl groups is 1. The molecule has 0 saturated heterocycles. The molecule has 1 aromatic heterocycles. The first-order valence-corrected chi connectivity index (χ1v) is 7.84. The van der Waals surface area contributed by atoms with Gasteiger partial charge in [-0.3, -0.25) is 0 Å². The van der Waals surface area contributed by atoms with Crippen LogP contribution in [-0.4, -0.2) is 29.6 Å². The third-order valence-electron chi connectivity index (χ3n) is 2.92. The molecule has 102 valence electrons. The molecule has 1 heterocycles. The monoisotopic (exact) mass is 280 g/mol. The number of benzene rings is 1. The van der Waals surface area contributed by atoms with Gasteiger partial charge in [0.05, 0.1) is 18.0 Å². The van der Waals surface area contributed by atoms with E-state index < -0.39 is 15.9 Å². The highest BCUT2D eigenvalue weighted by Gasteiger charge is 2.11. The van der Waals surface area contributed by atoms with Gasteiger partial charge in [0.25, 0.3) is 0 Å². The van der Waals surface area contributed by atoms with Crippen molar-refractivity contribution in [1.82, 2.24) is 9.78 Å². The molecule has 2 aromatic rings. The topological polar surface area (TPSA) is 72.2 Å². The summed E-state index contributed by atoms with van der Waals surface area (Å²) in [6, 6.07) is 7.22. The van der Waals surface area contributed by atoms with Crippen LogP contribution in [-0.2, 0) is 9.84 Å². The Bertz CT molecular complexity index is 659. The summed E-state index contributed by atoms with van der Waals surface area (Å²) in [4.78, 5) is 0.185. The van der Waals surface area contributed by atoms with Crippen LogP contribution >= 0.6 is 0 Å². The molecule has 0 radical (unpaired) electrons. The molecule has 0 aliphatic carbocycles. The Labute approximate surface area is 112 Å². The number of hydrogen-bond acceptors (Lipinski definition) is 4. The smallest absolute Gasteiger partial charge is 0.178 e. The fraction of sp³-hybridized carbons (Fsp3) is 0.308. The molecule has 0 spiro atoms. The summed E-state index contributed by atoms with van der Waals surface area (Å²) in [6.07, 6.45) is 4.12. The normalized spacial score (nSPS) is 13.4. The van der Waals surface area contributed by atoms with Gasteiger partial charge in [-0.15, -0.1) is 0 Å². The zero-order chi connectivity index (χ0) is 14.0. The summed E-state index contributed by atoms with van der Waals surface area (Å²) in [5.74, 6) is 0. The molecule has 0 amide bonds. The second-order valence-electron chi connectivity index (χ2n) is 4.41. The van der Waals surface area contributed by atoms with Crippen LogP contribution in [0.3, 0.4) is 0 Å². The van der Waals surface area contributed by atoms with E-state index in [9.17, 15) is 13.5 Å². The second-order valence-corrected chi connectivity index (χ2v) is 6.42. The average molecular weight is 280 g/mol. The highest BCUT2D eigenvalue weighted by Crippen LogP contribution is 2.18. The van der Waals surface area contributed by atoms with Crippen LogP contribution in [0.15, 0.2) is 41.6 Å². The number of hydrogen-bond donors (Lipinski definition) is 1. The van der Waals surface area contributed by atoms with E-state index in [0.717, 1.165) is 17.5 Å². The molecule has 0 saturated carbocycles. The van der Waals surface area contributed by atoms with E-state index >= 15 is 0 Å². The van der Waals surface area contributed by atoms with Gasteiger partial charge in [0.2, 0.25) is 0 Å². The maximum absolute atomic E-state index is 11.4. The van der Waals surface area contributed by atoms with Gasteiger partial charge in [-0.2, -0.15) is 5.10 Å². The van der Waals surface area contributed by atoms with Crippen LogP contribution in [0, 0.1) is 0 Å². The van der Waals surface area contributed by atoms with Crippen LogP contribution in [0.4, 0.5) is 0 Å². The minimum absolute atomic E-state index is 0.185. The van der Waals surface area contributed by atoms with Gasteiger partial charge in [-0.25, -0.2) is 13.1 Å². The highest BCUT2D eigenvalue weighted by atomic mass is 32.2. The second kappa shape index (κ2) is 5.14. The van der Waals surface area contributed by atoms with Gasteiger partial charge in [-0.05, 0) is 24.1 Å². The van der Waals surface area contributed by atoms with Crippen molar-refractivity contribution in [1.29, 1.82) is 0 Å². The highest BCUT2D eigenvalue weighted by molar-refractivity contribution is 7.90. The lowest BCUT2D eigenvalue weighted by atomic mass is 10.1. The van der Waals surface area contributed by atoms with Crippen molar-refractivity contribution in [2.45, 2.75) is 24.3 Å². The summed E-state index contributed by atoms with van der Waals surface area (Å²) < 4.78 is 24.2. The molecule has 1 atom stereocenters. The lowest BCUT2D eigenvalue weighted by molar-refractivity contribution is 0.173. The molecule has 2 rings (SSSR count). The van der Waals surface area contributed by atoms with Gasteiger partial charge in [0.15, 0.2) is 9.84 Å². The average Bonchev–Trinajstić information content (AvgIpc) is 2.87. The third-order valence-corrected chi connectivity index (χ3v) is 3.98. The van der Waals surface area contributed by atoms with Crippen LogP contribution in [0.25, 0.3) is 5.69 Å². The van der Waals surface area contributed by atoms with Crippen molar-refractivity contribution in [3.05, 3.63) is 42.2 Å². The number of aromatic nitrogens is 2. The number of aliphatic hydroxyl groups excluding tert-OH is 1. The van der Waals surface area contributed by atoms with Crippen LogP contribution in [0.5, 0.6) is 0 Å². The fourth-order valence-electron chi connectivity index (χ4n) is 1.72. The van der Waals surface area contributed by atoms with E-state index in [2.05, 4.69) is 5.10 Å². The van der Waals surface area contributed by atoms with E-state index in [1.165, 1.54) is 17.1 Å². The first kappa shape index (κ1) is 13.8. The molecule has 5 nitrogen and oxygen atoms in total. The summed E-state index contributed by atoms with van der Waals surface area (Å²) in [6.45, 7) is 1.91. The minimum Gasteiger partial charge on any atom is -0.388 e. The van der Waals surface area contributed by atoms with Crippen molar-refractivity contribution >= 4 is 9.84 Å². The van der Waals surface area contributed by atoms with E-state index in [4.69, 9.17) is 0 Å². The Morgan fingerprint density at radius 3 is 2.42 bits per heavy atom. The van der Waals surface area contributed by atoms with Crippen molar-refractivity contribution in [2.75, 3.05) is 6.26 Å². The first-order chi connectivity index (χ1) is 8.91. The molecular weight excluding hydrogens is 264 g/mol. The number of rotatable bonds is 4. The van der Waals surface area contributed by atoms with Gasteiger partial charge >= 0.3 is 0 Å². The number of sulfone groups is 1. The first-order valence-electron chi connectivity index (χ1n) is 5.95. The predicted molar refractivity (Wildman–Crippen MR) is 71.9 cm³/mol. The summed E-state index contributed by atoms with van der Waals surface area (Å²) in [5, 5.41) is 13.7. The van der Waals surface area contributed by atoms with Crippen molar-refractivity contribution in [3.63, 3.8) is 0 Å². The fourth-order valence-corrected chi connectivity index (χ4v) is 2.25. The molecule has 0 aliphatic rings. The van der Waals surface area contributed by atoms with Crippen molar-refractivity contribution in [3.8, 4) is 5.69 Å². The zero-order valence-electron chi connectivity index (χ0n) is 10.8. The molecular formula is C13H16N2O3S. The Balaban J connectivity index is 2.30. The van der Waals surface area contributed by atoms with Crippen molar-refractivity contribution in [2.24, 2.45) is 0 Å². The Morgan fingerprint density at radius 1 is 1.32 bits per heavy atom. The van der Waals surface area contributed by atoms with Gasteiger partial charge in [-0.1, -0.05) is 19.1 Å². The molecule has 1 unspecified atom stereocenters. The SMILES string of the molecule is CCC(O)c1ccc(-n2cc(S(C)(=O)=O)cn2)cc1. The van der Waals surface area contributed by atoms with E-state index in [1.54, 1.807) is 12.1 Å². The van der Waals surface area contributed by atoms with Crippen LogP contribution < -0.4 is 0 Å². The van der Waals surface area contributed by atoms with E-state index in [0.29, 0.717) is 6.42 Å². The largest absolute Gasteiger partial charge is 0.388 e. The van der Waals surface area contributed by atoms with Crippen LogP contribution in [0.2, 0.25) is 0 Å². The molecule has 6 heteroatoms. The van der Waals surface area contributed by atoms with Crippen molar-refractivity contribution < 1.29 is 13.5 Å². The minimum atomic E-state index is -3.24. The summed E-state index contributed by atoms with van der Waals surface area (Å²) in [7, 11) is -3.24. The molecule has 19 heavy (non-hydrogen) atoms. The third kappa shape index (κ3) is 3.02. The molecule has 0 aliphatic heterocycles. The van der Waals surface area contributed by atoms with E-state index in [-0.39, 0.29) is 4.90 Å². The predicted octanol–water partition coefficient (Wildman–Crippen LogP) is 1.72. The summed E-state index contributed by atoms with van der Waals surface area (Å²) in [5.41, 5.74) is 1.59. The van der Waals surface area contributed by atoms with Gasteiger partial charge < -0.3 is 5.11 Å². The maximum Gasteiger partial charge on any atom is 0.178 e. The molecule has 1 N–H and O–H groups in total. The zero-order valence-corrected chi connectivity index (χ0v) is 11.6. The lowest BCUT2D eigenvalue weighted by Crippen LogP contribution is -1.98. The Hall–Kier alpha value is -1.66. The number of nitrogens with zero attached hydrogens (tertiary/aromatic N) is 2. The van der Waals surface area contributed by atoms with Gasteiger partial charge in [0, 0.05) is 12.5 Å². The van der Waals surface area contributed by atoms with Gasteiger partial charge in [0.1, 0.15) is 4.90 Å². The Morgan fingerprint density at radius 2 is 1.95 bits per heavy atom. The lowest BCUT2D eigenvalue weighted by Gasteiger charge is -2.08. The molecule has 0 bridgehead atoms. The maximum atomic E-state index is 11.4. The standard InChI is InChI=1S/C13H16N2O3S/c1-3-13(16)10-4-6-11(7-5-10)15-9-12(8-14-15)19(2,17)18/h4-9,13,16H,3H2,1-2H3. The molecule has 1 aromatic carbocycles. The molecule has 0 fully saturated rings. The Kier molecular flexibility index (Phi) is 3.73.